The molecule has 1 N–H and O–H groups in total. The van der Waals surface area contributed by atoms with Crippen molar-refractivity contribution in [1.82, 2.24) is 20.0 Å². The fraction of sp³-hybridized carbons (Fsp3) is 0.310. The first-order valence-electron chi connectivity index (χ1n) is 13.0. The molecular formula is C29H26ClF3N4O4S. The minimum atomic E-state index is -4.56. The fourth-order valence-corrected chi connectivity index (χ4v) is 6.38. The normalized spacial score (nSPS) is 17.6. The summed E-state index contributed by atoms with van der Waals surface area (Å²) in [5, 5.41) is 7.72. The third kappa shape index (κ3) is 5.60. The maximum Gasteiger partial charge on any atom is 0.416 e. The summed E-state index contributed by atoms with van der Waals surface area (Å²) in [4.78, 5) is 41.3. The van der Waals surface area contributed by atoms with E-state index in [1.807, 2.05) is 13.0 Å². The lowest BCUT2D eigenvalue weighted by molar-refractivity contribution is -0.138. The number of hydrogen-bond donors (Lipinski definition) is 1. The van der Waals surface area contributed by atoms with Crippen LogP contribution in [0.5, 0.6) is 5.06 Å². The van der Waals surface area contributed by atoms with Gasteiger partial charge < -0.3 is 10.1 Å². The SMILES string of the molecule is COc1sc(C(=O)N[C@@H](Cc2cccc(C(F)(F)F)c2)CN2C(=O)C3=C(C2=O)C(C)CC=C3)cc1-c1c(Cl)cnn1C. The number of methoxy groups -OCH3 is 1. The fourth-order valence-electron chi connectivity index (χ4n) is 5.24. The largest absolute Gasteiger partial charge is 0.487 e. The van der Waals surface area contributed by atoms with Crippen molar-refractivity contribution in [2.75, 3.05) is 13.7 Å². The van der Waals surface area contributed by atoms with E-state index in [2.05, 4.69) is 10.4 Å². The van der Waals surface area contributed by atoms with E-state index in [1.54, 1.807) is 23.9 Å². The van der Waals surface area contributed by atoms with Gasteiger partial charge in [-0.05, 0) is 36.5 Å². The number of carbonyl (C=O) groups excluding carboxylic acids is 3. The Kier molecular flexibility index (Phi) is 8.04. The molecule has 1 aliphatic heterocycles. The number of nitrogens with zero attached hydrogens (tertiary/aromatic N) is 3. The number of hydrogen-bond acceptors (Lipinski definition) is 6. The molecule has 13 heteroatoms. The molecule has 5 rings (SSSR count). The number of imide groups is 1. The Bertz CT molecular complexity index is 1620. The van der Waals surface area contributed by atoms with Gasteiger partial charge in [-0.3, -0.25) is 24.0 Å². The number of aryl methyl sites for hydroxylation is 1. The highest BCUT2D eigenvalue weighted by atomic mass is 35.5. The monoisotopic (exact) mass is 618 g/mol. The number of ether oxygens (including phenoxy) is 1. The molecule has 2 atom stereocenters. The van der Waals surface area contributed by atoms with Crippen molar-refractivity contribution < 1.29 is 32.3 Å². The number of halogens is 4. The maximum atomic E-state index is 13.5. The number of carbonyl (C=O) groups is 3. The van der Waals surface area contributed by atoms with Gasteiger partial charge in [0.2, 0.25) is 0 Å². The van der Waals surface area contributed by atoms with E-state index >= 15 is 0 Å². The second-order valence-electron chi connectivity index (χ2n) is 10.1. The van der Waals surface area contributed by atoms with Crippen molar-refractivity contribution in [1.29, 1.82) is 0 Å². The van der Waals surface area contributed by atoms with Crippen LogP contribution in [-0.2, 0) is 29.2 Å². The molecular weight excluding hydrogens is 593 g/mol. The third-order valence-electron chi connectivity index (χ3n) is 7.24. The zero-order valence-electron chi connectivity index (χ0n) is 22.8. The molecule has 0 saturated heterocycles. The number of thiophene rings is 1. The number of allylic oxidation sites excluding steroid dienone is 1. The number of nitrogens with one attached hydrogen (secondary N) is 1. The third-order valence-corrected chi connectivity index (χ3v) is 8.61. The van der Waals surface area contributed by atoms with Gasteiger partial charge in [-0.2, -0.15) is 18.3 Å². The zero-order chi connectivity index (χ0) is 30.3. The molecule has 2 aromatic heterocycles. The molecule has 3 aromatic rings. The van der Waals surface area contributed by atoms with Crippen LogP contribution in [0.4, 0.5) is 13.2 Å². The lowest BCUT2D eigenvalue weighted by atomic mass is 9.90. The lowest BCUT2D eigenvalue weighted by Crippen LogP contribution is -2.47. The molecule has 1 aliphatic carbocycles. The van der Waals surface area contributed by atoms with Crippen LogP contribution < -0.4 is 10.1 Å². The van der Waals surface area contributed by atoms with Crippen molar-refractivity contribution in [3.8, 4) is 16.3 Å². The van der Waals surface area contributed by atoms with E-state index in [4.69, 9.17) is 16.3 Å². The summed E-state index contributed by atoms with van der Waals surface area (Å²) in [7, 11) is 3.14. The minimum absolute atomic E-state index is 0.0638. The van der Waals surface area contributed by atoms with Crippen LogP contribution in [0.2, 0.25) is 5.02 Å². The summed E-state index contributed by atoms with van der Waals surface area (Å²) in [6, 6.07) is 5.43. The first-order chi connectivity index (χ1) is 19.9. The van der Waals surface area contributed by atoms with Gasteiger partial charge in [-0.1, -0.05) is 60.2 Å². The topological polar surface area (TPSA) is 93.5 Å². The predicted octanol–water partition coefficient (Wildman–Crippen LogP) is 5.43. The molecule has 3 heterocycles. The minimum Gasteiger partial charge on any atom is -0.487 e. The zero-order valence-corrected chi connectivity index (χ0v) is 24.4. The number of alkyl halides is 3. The smallest absolute Gasteiger partial charge is 0.416 e. The van der Waals surface area contributed by atoms with Gasteiger partial charge >= 0.3 is 6.18 Å². The van der Waals surface area contributed by atoms with Crippen LogP contribution in [0.15, 0.2) is 59.8 Å². The van der Waals surface area contributed by atoms with Gasteiger partial charge in [0.1, 0.15) is 0 Å². The van der Waals surface area contributed by atoms with Gasteiger partial charge in [0.15, 0.2) is 5.06 Å². The molecule has 1 unspecified atom stereocenters. The summed E-state index contributed by atoms with van der Waals surface area (Å²) in [6.07, 6.45) is 0.908. The molecule has 2 aliphatic rings. The molecule has 42 heavy (non-hydrogen) atoms. The van der Waals surface area contributed by atoms with E-state index in [0.29, 0.717) is 38.9 Å². The first kappa shape index (κ1) is 29.6. The van der Waals surface area contributed by atoms with Crippen molar-refractivity contribution in [3.05, 3.63) is 80.9 Å². The second-order valence-corrected chi connectivity index (χ2v) is 11.6. The summed E-state index contributed by atoms with van der Waals surface area (Å²) in [5.74, 6) is -1.66. The van der Waals surface area contributed by atoms with E-state index in [1.165, 1.54) is 25.4 Å². The summed E-state index contributed by atoms with van der Waals surface area (Å²) in [5.41, 5.74) is 1.24. The molecule has 3 amide bonds. The van der Waals surface area contributed by atoms with Crippen LogP contribution in [0.1, 0.15) is 34.1 Å². The molecule has 0 spiro atoms. The number of rotatable bonds is 8. The van der Waals surface area contributed by atoms with Crippen LogP contribution >= 0.6 is 22.9 Å². The lowest BCUT2D eigenvalue weighted by Gasteiger charge is -2.25. The Morgan fingerprint density at radius 3 is 2.67 bits per heavy atom. The van der Waals surface area contributed by atoms with Crippen LogP contribution in [-0.4, -0.2) is 52.1 Å². The highest BCUT2D eigenvalue weighted by Crippen LogP contribution is 2.41. The highest BCUT2D eigenvalue weighted by molar-refractivity contribution is 7.16. The van der Waals surface area contributed by atoms with E-state index in [0.717, 1.165) is 28.4 Å². The maximum absolute atomic E-state index is 13.5. The van der Waals surface area contributed by atoms with Gasteiger partial charge in [0.25, 0.3) is 17.7 Å². The molecule has 1 aromatic carbocycles. The van der Waals surface area contributed by atoms with Crippen molar-refractivity contribution in [3.63, 3.8) is 0 Å². The van der Waals surface area contributed by atoms with Crippen LogP contribution in [0, 0.1) is 5.92 Å². The standard InChI is InChI=1S/C29H26ClF3N4O4S/c1-15-6-4-9-19-23(15)27(40)37(26(19)39)14-18(11-16-7-5-8-17(10-16)29(31,32)33)35-25(38)22-12-20(28(41-3)42-22)24-21(30)13-34-36(24)2/h4-5,7-10,12-13,15,18H,6,11,14H2,1-3H3,(H,35,38)/t15?,18-/m0/s1. The van der Waals surface area contributed by atoms with Crippen molar-refractivity contribution in [2.45, 2.75) is 32.0 Å². The Labute approximate surface area is 248 Å². The number of benzene rings is 1. The first-order valence-corrected chi connectivity index (χ1v) is 14.2. The molecule has 0 saturated carbocycles. The van der Waals surface area contributed by atoms with Crippen LogP contribution in [0.3, 0.4) is 0 Å². The van der Waals surface area contributed by atoms with E-state index in [9.17, 15) is 27.6 Å². The molecule has 0 fully saturated rings. The van der Waals surface area contributed by atoms with E-state index < -0.39 is 35.5 Å². The van der Waals surface area contributed by atoms with Gasteiger partial charge in [-0.15, -0.1) is 0 Å². The molecule has 8 nitrogen and oxygen atoms in total. The Hall–Kier alpha value is -3.90. The van der Waals surface area contributed by atoms with E-state index in [-0.39, 0.29) is 29.3 Å². The molecule has 220 valence electrons. The average molecular weight is 619 g/mol. The molecule has 0 bridgehead atoms. The van der Waals surface area contributed by atoms with Crippen molar-refractivity contribution >= 4 is 40.7 Å². The summed E-state index contributed by atoms with van der Waals surface area (Å²) >= 11 is 7.36. The summed E-state index contributed by atoms with van der Waals surface area (Å²) < 4.78 is 47.3. The predicted molar refractivity (Wildman–Crippen MR) is 151 cm³/mol. The van der Waals surface area contributed by atoms with Crippen molar-refractivity contribution in [2.24, 2.45) is 13.0 Å². The second kappa shape index (κ2) is 11.4. The average Bonchev–Trinajstić information content (AvgIpc) is 3.58. The van der Waals surface area contributed by atoms with Gasteiger partial charge in [-0.25, -0.2) is 0 Å². The summed E-state index contributed by atoms with van der Waals surface area (Å²) in [6.45, 7) is 1.63. The number of aromatic nitrogens is 2. The Balaban J connectivity index is 1.45. The highest BCUT2D eigenvalue weighted by Gasteiger charge is 2.41. The number of amides is 3. The van der Waals surface area contributed by atoms with Crippen LogP contribution in [0.25, 0.3) is 11.3 Å². The van der Waals surface area contributed by atoms with Gasteiger partial charge in [0.05, 0.1) is 46.1 Å². The molecule has 0 radical (unpaired) electrons. The Morgan fingerprint density at radius 1 is 1.26 bits per heavy atom. The van der Waals surface area contributed by atoms with Gasteiger partial charge in [0, 0.05) is 24.7 Å². The Morgan fingerprint density at radius 2 is 2.02 bits per heavy atom. The quantitative estimate of drug-likeness (QED) is 0.340.